The van der Waals surface area contributed by atoms with Crippen LogP contribution in [0.4, 0.5) is 0 Å². The first-order valence-corrected chi connectivity index (χ1v) is 17.6. The summed E-state index contributed by atoms with van der Waals surface area (Å²) in [4.78, 5) is 17.5. The molecule has 6 aromatic carbocycles. The predicted molar refractivity (Wildman–Crippen MR) is 206 cm³/mol. The Balaban J connectivity index is 1.56. The maximum Gasteiger partial charge on any atom is 0.218 e. The molecule has 2 unspecified atom stereocenters. The third-order valence-electron chi connectivity index (χ3n) is 10.3. The zero-order valence-electron chi connectivity index (χ0n) is 28.5. The molecule has 2 aliphatic heterocycles. The molecule has 50 heavy (non-hydrogen) atoms. The lowest BCUT2D eigenvalue weighted by atomic mass is 9.74. The summed E-state index contributed by atoms with van der Waals surface area (Å²) in [7, 11) is 0. The zero-order valence-corrected chi connectivity index (χ0v) is 28.5. The first-order chi connectivity index (χ1) is 24.6. The summed E-state index contributed by atoms with van der Waals surface area (Å²) in [6, 6.07) is 59.8. The van der Waals surface area contributed by atoms with Crippen molar-refractivity contribution in [3.8, 4) is 0 Å². The Hall–Kier alpha value is -5.71. The summed E-state index contributed by atoms with van der Waals surface area (Å²) in [5, 5.41) is 4.37. The topological polar surface area (TPSA) is 49.1 Å². The SMILES string of the molecule is CCc1ccccc1C1(C2(c3ccccc3CC)N=C(c3ccccc3)C(c3ccccc3)(c3ccccc3)N2)N=CC(c2ccccc2)=N1. The Morgan fingerprint density at radius 2 is 0.940 bits per heavy atom. The average Bonchev–Trinajstić information content (AvgIpc) is 3.83. The molecular formula is C46H40N4. The molecule has 4 heteroatoms. The van der Waals surface area contributed by atoms with Crippen molar-refractivity contribution in [2.24, 2.45) is 15.0 Å². The van der Waals surface area contributed by atoms with Crippen molar-refractivity contribution in [1.29, 1.82) is 0 Å². The zero-order chi connectivity index (χ0) is 34.0. The van der Waals surface area contributed by atoms with E-state index in [9.17, 15) is 0 Å². The van der Waals surface area contributed by atoms with E-state index in [0.717, 1.165) is 57.6 Å². The molecule has 1 N–H and O–H groups in total. The molecule has 6 aromatic rings. The van der Waals surface area contributed by atoms with Crippen LogP contribution in [0.25, 0.3) is 0 Å². The number of aryl methyl sites for hydroxylation is 2. The van der Waals surface area contributed by atoms with E-state index in [4.69, 9.17) is 15.0 Å². The number of hydrogen-bond donors (Lipinski definition) is 1. The third-order valence-corrected chi connectivity index (χ3v) is 10.3. The standard InChI is InChI=1S/C46H40N4/c1-3-34-21-17-19-31-40(34)45(47-33-42(48-45)36-23-9-5-10-24-36)46(41-32-20-18-22-35(41)4-2)49-43(37-25-11-6-12-26-37)44(50-46,38-27-13-7-14-28-38)39-29-15-8-16-30-39/h5-33,50H,3-4H2,1-2H3. The van der Waals surface area contributed by atoms with E-state index in [1.807, 2.05) is 12.3 Å². The van der Waals surface area contributed by atoms with Crippen molar-refractivity contribution in [2.45, 2.75) is 43.6 Å². The van der Waals surface area contributed by atoms with Crippen molar-refractivity contribution < 1.29 is 0 Å². The molecule has 0 spiro atoms. The second kappa shape index (κ2) is 13.0. The monoisotopic (exact) mass is 648 g/mol. The van der Waals surface area contributed by atoms with Crippen molar-refractivity contribution in [3.05, 3.63) is 214 Å². The molecule has 0 aromatic heterocycles. The van der Waals surface area contributed by atoms with Gasteiger partial charge in [0.15, 0.2) is 5.66 Å². The fourth-order valence-corrected chi connectivity index (χ4v) is 7.91. The molecule has 0 fully saturated rings. The largest absolute Gasteiger partial charge is 0.267 e. The van der Waals surface area contributed by atoms with E-state index in [2.05, 4.69) is 183 Å². The van der Waals surface area contributed by atoms with Gasteiger partial charge in [-0.15, -0.1) is 0 Å². The Morgan fingerprint density at radius 1 is 0.480 bits per heavy atom. The van der Waals surface area contributed by atoms with Crippen LogP contribution in [-0.2, 0) is 29.7 Å². The van der Waals surface area contributed by atoms with Crippen LogP contribution in [-0.4, -0.2) is 17.6 Å². The minimum atomic E-state index is -1.19. The van der Waals surface area contributed by atoms with Gasteiger partial charge in [-0.1, -0.05) is 184 Å². The minimum absolute atomic E-state index is 0.823. The van der Waals surface area contributed by atoms with Crippen LogP contribution in [0.15, 0.2) is 185 Å². The van der Waals surface area contributed by atoms with Crippen molar-refractivity contribution >= 4 is 17.6 Å². The maximum atomic E-state index is 6.09. The van der Waals surface area contributed by atoms with Gasteiger partial charge in [0.1, 0.15) is 5.54 Å². The van der Waals surface area contributed by atoms with Gasteiger partial charge in [0.2, 0.25) is 5.66 Å². The Morgan fingerprint density at radius 3 is 1.50 bits per heavy atom. The highest BCUT2D eigenvalue weighted by Gasteiger charge is 2.65. The molecule has 2 atom stereocenters. The van der Waals surface area contributed by atoms with E-state index in [1.54, 1.807) is 0 Å². The van der Waals surface area contributed by atoms with Crippen LogP contribution < -0.4 is 5.32 Å². The van der Waals surface area contributed by atoms with E-state index >= 15 is 0 Å². The van der Waals surface area contributed by atoms with Crippen LogP contribution in [0.3, 0.4) is 0 Å². The molecular weight excluding hydrogens is 609 g/mol. The van der Waals surface area contributed by atoms with Gasteiger partial charge in [0, 0.05) is 16.7 Å². The summed E-state index contributed by atoms with van der Waals surface area (Å²) in [5.41, 5.74) is 7.26. The fraction of sp³-hybridized carbons (Fsp3) is 0.152. The summed E-state index contributed by atoms with van der Waals surface area (Å²) in [5.74, 6) is 0. The Kier molecular flexibility index (Phi) is 8.18. The van der Waals surface area contributed by atoms with Crippen molar-refractivity contribution in [3.63, 3.8) is 0 Å². The lowest BCUT2D eigenvalue weighted by Crippen LogP contribution is -2.59. The van der Waals surface area contributed by atoms with E-state index < -0.39 is 16.9 Å². The second-order valence-corrected chi connectivity index (χ2v) is 13.0. The van der Waals surface area contributed by atoms with Gasteiger partial charge in [-0.25, -0.2) is 4.99 Å². The first kappa shape index (κ1) is 31.6. The van der Waals surface area contributed by atoms with Gasteiger partial charge in [0.25, 0.3) is 0 Å². The number of hydrogen-bond acceptors (Lipinski definition) is 4. The minimum Gasteiger partial charge on any atom is -0.267 e. The highest BCUT2D eigenvalue weighted by molar-refractivity contribution is 6.39. The lowest BCUT2D eigenvalue weighted by Gasteiger charge is -2.45. The molecule has 0 amide bonds. The van der Waals surface area contributed by atoms with Crippen molar-refractivity contribution in [2.75, 3.05) is 0 Å². The number of nitrogens with zero attached hydrogens (tertiary/aromatic N) is 3. The van der Waals surface area contributed by atoms with Crippen LogP contribution >= 0.6 is 0 Å². The van der Waals surface area contributed by atoms with Crippen LogP contribution in [0.1, 0.15) is 58.4 Å². The lowest BCUT2D eigenvalue weighted by molar-refractivity contribution is 0.178. The van der Waals surface area contributed by atoms with Crippen LogP contribution in [0.5, 0.6) is 0 Å². The summed E-state index contributed by atoms with van der Waals surface area (Å²) in [6.07, 6.45) is 3.61. The molecule has 0 saturated heterocycles. The summed E-state index contributed by atoms with van der Waals surface area (Å²) in [6.45, 7) is 4.42. The molecule has 2 aliphatic rings. The van der Waals surface area contributed by atoms with Crippen molar-refractivity contribution in [1.82, 2.24) is 5.32 Å². The number of rotatable bonds is 9. The van der Waals surface area contributed by atoms with Crippen LogP contribution in [0.2, 0.25) is 0 Å². The van der Waals surface area contributed by atoms with Gasteiger partial charge in [-0.3, -0.25) is 15.3 Å². The Labute approximate surface area is 295 Å². The number of aliphatic imine (C=N–C) groups is 3. The number of benzene rings is 6. The van der Waals surface area contributed by atoms with Gasteiger partial charge < -0.3 is 0 Å². The smallest absolute Gasteiger partial charge is 0.218 e. The molecule has 0 radical (unpaired) electrons. The summed E-state index contributed by atoms with van der Waals surface area (Å²) < 4.78 is 0. The van der Waals surface area contributed by atoms with Gasteiger partial charge in [-0.05, 0) is 40.7 Å². The van der Waals surface area contributed by atoms with Gasteiger partial charge in [-0.2, -0.15) is 0 Å². The molecule has 0 aliphatic carbocycles. The molecule has 4 nitrogen and oxygen atoms in total. The molecule has 8 rings (SSSR count). The highest BCUT2D eigenvalue weighted by atomic mass is 15.4. The average molecular weight is 649 g/mol. The maximum absolute atomic E-state index is 6.09. The fourth-order valence-electron chi connectivity index (χ4n) is 7.91. The second-order valence-electron chi connectivity index (χ2n) is 13.0. The molecule has 0 bridgehead atoms. The predicted octanol–water partition coefficient (Wildman–Crippen LogP) is 9.43. The van der Waals surface area contributed by atoms with E-state index in [1.165, 1.54) is 11.1 Å². The Bertz CT molecular complexity index is 2170. The quantitative estimate of drug-likeness (QED) is 0.167. The molecule has 244 valence electrons. The highest BCUT2D eigenvalue weighted by Crippen LogP contribution is 2.56. The molecule has 2 heterocycles. The molecule has 0 saturated carbocycles. The number of nitrogens with one attached hydrogen (secondary N) is 1. The summed E-state index contributed by atoms with van der Waals surface area (Å²) >= 11 is 0. The van der Waals surface area contributed by atoms with Crippen LogP contribution in [0, 0.1) is 0 Å². The first-order valence-electron chi connectivity index (χ1n) is 17.6. The van der Waals surface area contributed by atoms with Gasteiger partial charge in [0.05, 0.1) is 17.6 Å². The normalized spacial score (nSPS) is 20.8. The van der Waals surface area contributed by atoms with E-state index in [-0.39, 0.29) is 0 Å². The third kappa shape index (κ3) is 4.90. The van der Waals surface area contributed by atoms with E-state index in [0.29, 0.717) is 0 Å². The van der Waals surface area contributed by atoms with Gasteiger partial charge >= 0.3 is 0 Å².